The summed E-state index contributed by atoms with van der Waals surface area (Å²) in [4.78, 5) is 21.6. The zero-order valence-corrected chi connectivity index (χ0v) is 17.5. The number of anilines is 3. The quantitative estimate of drug-likeness (QED) is 0.653. The van der Waals surface area contributed by atoms with Gasteiger partial charge in [0, 0.05) is 48.0 Å². The lowest BCUT2D eigenvalue weighted by molar-refractivity contribution is 0.102. The highest BCUT2D eigenvalue weighted by molar-refractivity contribution is 7.14. The molecular formula is C21H21ClN4O2S. The van der Waals surface area contributed by atoms with E-state index in [1.165, 1.54) is 11.3 Å². The Morgan fingerprint density at radius 2 is 1.83 bits per heavy atom. The molecule has 0 unspecified atom stereocenters. The molecule has 1 amide bonds. The fourth-order valence-corrected chi connectivity index (χ4v) is 4.26. The minimum atomic E-state index is -0.213. The number of amides is 1. The molecule has 29 heavy (non-hydrogen) atoms. The van der Waals surface area contributed by atoms with E-state index in [1.807, 2.05) is 30.3 Å². The van der Waals surface area contributed by atoms with Crippen molar-refractivity contribution in [3.63, 3.8) is 0 Å². The van der Waals surface area contributed by atoms with Crippen LogP contribution in [0.25, 0.3) is 0 Å². The van der Waals surface area contributed by atoms with E-state index in [0.717, 1.165) is 47.8 Å². The third-order valence-electron chi connectivity index (χ3n) is 4.80. The number of rotatable bonds is 5. The van der Waals surface area contributed by atoms with E-state index in [0.29, 0.717) is 11.4 Å². The largest absolute Gasteiger partial charge is 0.497 e. The molecule has 0 saturated carbocycles. The molecular weight excluding hydrogens is 408 g/mol. The Balaban J connectivity index is 1.36. The number of halogens is 1. The average molecular weight is 429 g/mol. The molecule has 1 aliphatic heterocycles. The molecule has 8 heteroatoms. The number of nitrogens with one attached hydrogen (secondary N) is 1. The van der Waals surface area contributed by atoms with Crippen molar-refractivity contribution in [2.24, 2.45) is 0 Å². The summed E-state index contributed by atoms with van der Waals surface area (Å²) in [5.74, 6) is 0.533. The molecule has 4 rings (SSSR count). The zero-order chi connectivity index (χ0) is 20.2. The smallest absolute Gasteiger partial charge is 0.275 e. The minimum absolute atomic E-state index is 0.213. The van der Waals surface area contributed by atoms with Gasteiger partial charge in [0.15, 0.2) is 5.13 Å². The van der Waals surface area contributed by atoms with E-state index in [1.54, 1.807) is 24.6 Å². The maximum Gasteiger partial charge on any atom is 0.275 e. The first kappa shape index (κ1) is 19.5. The lowest BCUT2D eigenvalue weighted by Crippen LogP contribution is -2.46. The number of carbonyl (C=O) groups is 1. The van der Waals surface area contributed by atoms with Crippen LogP contribution < -0.4 is 19.9 Å². The summed E-state index contributed by atoms with van der Waals surface area (Å²) < 4.78 is 5.13. The summed E-state index contributed by atoms with van der Waals surface area (Å²) in [5, 5.41) is 6.29. The first-order chi connectivity index (χ1) is 14.1. The number of piperazine rings is 1. The van der Waals surface area contributed by atoms with Gasteiger partial charge in [-0.3, -0.25) is 4.79 Å². The molecule has 1 aromatic heterocycles. The number of ether oxygens (including phenoxy) is 1. The number of nitrogens with zero attached hydrogens (tertiary/aromatic N) is 3. The maximum absolute atomic E-state index is 12.5. The van der Waals surface area contributed by atoms with Crippen LogP contribution in [0.1, 0.15) is 10.5 Å². The van der Waals surface area contributed by atoms with Gasteiger partial charge in [-0.05, 0) is 42.5 Å². The van der Waals surface area contributed by atoms with Crippen molar-refractivity contribution in [1.82, 2.24) is 4.98 Å². The highest BCUT2D eigenvalue weighted by Crippen LogP contribution is 2.26. The van der Waals surface area contributed by atoms with Gasteiger partial charge in [-0.25, -0.2) is 4.98 Å². The molecule has 1 aliphatic rings. The number of carbonyl (C=O) groups excluding carboxylic acids is 1. The predicted octanol–water partition coefficient (Wildman–Crippen LogP) is 4.38. The lowest BCUT2D eigenvalue weighted by atomic mass is 10.2. The summed E-state index contributed by atoms with van der Waals surface area (Å²) in [7, 11) is 1.61. The second-order valence-corrected chi connectivity index (χ2v) is 7.92. The topological polar surface area (TPSA) is 57.7 Å². The van der Waals surface area contributed by atoms with Gasteiger partial charge < -0.3 is 19.9 Å². The lowest BCUT2D eigenvalue weighted by Gasteiger charge is -2.36. The highest BCUT2D eigenvalue weighted by atomic mass is 35.5. The van der Waals surface area contributed by atoms with Gasteiger partial charge in [0.1, 0.15) is 11.4 Å². The van der Waals surface area contributed by atoms with Crippen LogP contribution in [-0.2, 0) is 0 Å². The van der Waals surface area contributed by atoms with Gasteiger partial charge in [0.2, 0.25) is 0 Å². The molecule has 1 fully saturated rings. The van der Waals surface area contributed by atoms with Gasteiger partial charge >= 0.3 is 0 Å². The van der Waals surface area contributed by atoms with Crippen molar-refractivity contribution < 1.29 is 9.53 Å². The summed E-state index contributed by atoms with van der Waals surface area (Å²) in [6.07, 6.45) is 0. The molecule has 2 heterocycles. The maximum atomic E-state index is 12.5. The molecule has 6 nitrogen and oxygen atoms in total. The second-order valence-electron chi connectivity index (χ2n) is 6.65. The monoisotopic (exact) mass is 428 g/mol. The Kier molecular flexibility index (Phi) is 5.87. The Bertz CT molecular complexity index is 984. The van der Waals surface area contributed by atoms with Crippen molar-refractivity contribution in [2.75, 3.05) is 48.4 Å². The van der Waals surface area contributed by atoms with E-state index in [4.69, 9.17) is 16.3 Å². The predicted molar refractivity (Wildman–Crippen MR) is 119 cm³/mol. The first-order valence-electron chi connectivity index (χ1n) is 9.29. The third kappa shape index (κ3) is 4.63. The van der Waals surface area contributed by atoms with Crippen molar-refractivity contribution in [2.45, 2.75) is 0 Å². The van der Waals surface area contributed by atoms with E-state index >= 15 is 0 Å². The highest BCUT2D eigenvalue weighted by Gasteiger charge is 2.21. The van der Waals surface area contributed by atoms with Crippen LogP contribution in [0.4, 0.5) is 16.5 Å². The fourth-order valence-electron chi connectivity index (χ4n) is 3.21. The number of aromatic nitrogens is 1. The normalized spacial score (nSPS) is 14.0. The van der Waals surface area contributed by atoms with Crippen LogP contribution in [0.3, 0.4) is 0 Å². The minimum Gasteiger partial charge on any atom is -0.497 e. The standard InChI is InChI=1S/C21H21ClN4O2S/c1-28-18-7-5-16(6-8-18)23-20(27)19-14-29-21(24-19)26-11-9-25(10-12-26)17-4-2-3-15(22)13-17/h2-8,13-14H,9-12H2,1H3,(H,23,27). The second kappa shape index (κ2) is 8.71. The molecule has 150 valence electrons. The molecule has 0 spiro atoms. The van der Waals surface area contributed by atoms with Crippen molar-refractivity contribution in [1.29, 1.82) is 0 Å². The molecule has 0 atom stereocenters. The van der Waals surface area contributed by atoms with Crippen LogP contribution in [0.15, 0.2) is 53.9 Å². The average Bonchev–Trinajstić information content (AvgIpc) is 3.25. The number of thiazole rings is 1. The Hall–Kier alpha value is -2.77. The van der Waals surface area contributed by atoms with Crippen LogP contribution in [-0.4, -0.2) is 44.2 Å². The van der Waals surface area contributed by atoms with E-state index in [-0.39, 0.29) is 5.91 Å². The molecule has 1 saturated heterocycles. The molecule has 0 radical (unpaired) electrons. The first-order valence-corrected chi connectivity index (χ1v) is 10.5. The van der Waals surface area contributed by atoms with Gasteiger partial charge in [-0.1, -0.05) is 17.7 Å². The summed E-state index contributed by atoms with van der Waals surface area (Å²) in [6.45, 7) is 3.46. The zero-order valence-electron chi connectivity index (χ0n) is 16.0. The van der Waals surface area contributed by atoms with Gasteiger partial charge in [-0.15, -0.1) is 11.3 Å². The van der Waals surface area contributed by atoms with Crippen molar-refractivity contribution in [3.8, 4) is 5.75 Å². The van der Waals surface area contributed by atoms with Gasteiger partial charge in [0.25, 0.3) is 5.91 Å². The number of methoxy groups -OCH3 is 1. The molecule has 1 N–H and O–H groups in total. The van der Waals surface area contributed by atoms with Crippen LogP contribution in [0.5, 0.6) is 5.75 Å². The summed E-state index contributed by atoms with van der Waals surface area (Å²) >= 11 is 7.60. The van der Waals surface area contributed by atoms with Gasteiger partial charge in [-0.2, -0.15) is 0 Å². The Morgan fingerprint density at radius 1 is 1.10 bits per heavy atom. The number of hydrogen-bond acceptors (Lipinski definition) is 6. The van der Waals surface area contributed by atoms with Crippen molar-refractivity contribution >= 4 is 45.4 Å². The SMILES string of the molecule is COc1ccc(NC(=O)c2csc(N3CCN(c4cccc(Cl)c4)CC3)n2)cc1. The van der Waals surface area contributed by atoms with E-state index in [9.17, 15) is 4.79 Å². The van der Waals surface area contributed by atoms with E-state index in [2.05, 4.69) is 26.2 Å². The van der Waals surface area contributed by atoms with E-state index < -0.39 is 0 Å². The van der Waals surface area contributed by atoms with Crippen LogP contribution in [0.2, 0.25) is 5.02 Å². The third-order valence-corrected chi connectivity index (χ3v) is 5.93. The molecule has 3 aromatic rings. The number of hydrogen-bond donors (Lipinski definition) is 1. The van der Waals surface area contributed by atoms with Gasteiger partial charge in [0.05, 0.1) is 7.11 Å². The Labute approximate surface area is 178 Å². The molecule has 0 aliphatic carbocycles. The summed E-state index contributed by atoms with van der Waals surface area (Å²) in [5.41, 5.74) is 2.27. The van der Waals surface area contributed by atoms with Crippen LogP contribution in [0, 0.1) is 0 Å². The molecule has 0 bridgehead atoms. The Morgan fingerprint density at radius 3 is 2.52 bits per heavy atom. The summed E-state index contributed by atoms with van der Waals surface area (Å²) in [6, 6.07) is 15.1. The number of benzene rings is 2. The fraction of sp³-hybridized carbons (Fsp3) is 0.238. The van der Waals surface area contributed by atoms with Crippen molar-refractivity contribution in [3.05, 3.63) is 64.6 Å². The van der Waals surface area contributed by atoms with Crippen LogP contribution >= 0.6 is 22.9 Å². The molecule has 2 aromatic carbocycles.